The Morgan fingerprint density at radius 1 is 0.950 bits per heavy atom. The maximum atomic E-state index is 12.8. The van der Waals surface area contributed by atoms with Gasteiger partial charge in [-0.05, 0) is 68.3 Å². The summed E-state index contributed by atoms with van der Waals surface area (Å²) >= 11 is 0. The SMILES string of the molecule is CC1=NN(c2ccc(NC(=O)Nc3c(C)cccc3OCCCN3CCN(c4ccccn4)CC3)cc2)C(=O)C1. The van der Waals surface area contributed by atoms with Gasteiger partial charge in [0.15, 0.2) is 0 Å². The maximum Gasteiger partial charge on any atom is 0.323 e. The van der Waals surface area contributed by atoms with Gasteiger partial charge in [-0.25, -0.2) is 14.8 Å². The molecule has 1 saturated heterocycles. The number of carbonyl (C=O) groups excluding carboxylic acids is 2. The van der Waals surface area contributed by atoms with Crippen LogP contribution in [0, 0.1) is 6.92 Å². The van der Waals surface area contributed by atoms with Crippen molar-refractivity contribution in [1.29, 1.82) is 0 Å². The highest BCUT2D eigenvalue weighted by Gasteiger charge is 2.22. The van der Waals surface area contributed by atoms with Crippen molar-refractivity contribution < 1.29 is 14.3 Å². The van der Waals surface area contributed by atoms with Gasteiger partial charge in [0.1, 0.15) is 11.6 Å². The number of hydrazone groups is 1. The molecule has 2 aromatic carbocycles. The van der Waals surface area contributed by atoms with Gasteiger partial charge in [-0.3, -0.25) is 9.69 Å². The molecule has 0 radical (unpaired) electrons. The van der Waals surface area contributed by atoms with E-state index in [0.29, 0.717) is 35.8 Å². The summed E-state index contributed by atoms with van der Waals surface area (Å²) < 4.78 is 6.10. The zero-order valence-corrected chi connectivity index (χ0v) is 23.0. The van der Waals surface area contributed by atoms with Crippen molar-refractivity contribution in [2.24, 2.45) is 5.10 Å². The molecular formula is C30H35N7O3. The Kier molecular flexibility index (Phi) is 8.56. The second-order valence-corrected chi connectivity index (χ2v) is 10.0. The Balaban J connectivity index is 1.09. The number of urea groups is 1. The lowest BCUT2D eigenvalue weighted by Crippen LogP contribution is -2.47. The molecule has 2 aliphatic rings. The molecule has 208 valence electrons. The van der Waals surface area contributed by atoms with Crippen LogP contribution >= 0.6 is 0 Å². The van der Waals surface area contributed by atoms with Gasteiger partial charge >= 0.3 is 6.03 Å². The summed E-state index contributed by atoms with van der Waals surface area (Å²) in [6, 6.07) is 18.4. The predicted octanol–water partition coefficient (Wildman–Crippen LogP) is 4.74. The molecule has 2 N–H and O–H groups in total. The summed E-state index contributed by atoms with van der Waals surface area (Å²) in [5, 5.41) is 11.4. The largest absolute Gasteiger partial charge is 0.491 e. The van der Waals surface area contributed by atoms with Crippen molar-refractivity contribution in [3.63, 3.8) is 0 Å². The number of anilines is 4. The molecule has 10 nitrogen and oxygen atoms in total. The number of piperazine rings is 1. The third-order valence-corrected chi connectivity index (χ3v) is 6.98. The van der Waals surface area contributed by atoms with Gasteiger partial charge in [0, 0.05) is 50.3 Å². The van der Waals surface area contributed by atoms with Crippen LogP contribution in [0.15, 0.2) is 72.0 Å². The Morgan fingerprint density at radius 3 is 2.45 bits per heavy atom. The minimum Gasteiger partial charge on any atom is -0.491 e. The minimum absolute atomic E-state index is 0.0637. The van der Waals surface area contributed by atoms with E-state index in [4.69, 9.17) is 4.74 Å². The van der Waals surface area contributed by atoms with Crippen molar-refractivity contribution in [2.45, 2.75) is 26.7 Å². The lowest BCUT2D eigenvalue weighted by Gasteiger charge is -2.35. The van der Waals surface area contributed by atoms with Gasteiger partial charge < -0.3 is 20.3 Å². The zero-order chi connectivity index (χ0) is 27.9. The van der Waals surface area contributed by atoms with Gasteiger partial charge in [-0.15, -0.1) is 0 Å². The fourth-order valence-electron chi connectivity index (χ4n) is 4.85. The lowest BCUT2D eigenvalue weighted by atomic mass is 10.2. The zero-order valence-electron chi connectivity index (χ0n) is 23.0. The smallest absolute Gasteiger partial charge is 0.323 e. The van der Waals surface area contributed by atoms with E-state index in [0.717, 1.165) is 56.2 Å². The average Bonchev–Trinajstić information content (AvgIpc) is 3.31. The van der Waals surface area contributed by atoms with Crippen LogP contribution in [0.4, 0.5) is 27.7 Å². The van der Waals surface area contributed by atoms with Crippen LogP contribution < -0.4 is 25.3 Å². The average molecular weight is 542 g/mol. The van der Waals surface area contributed by atoms with E-state index in [1.54, 1.807) is 24.3 Å². The van der Waals surface area contributed by atoms with E-state index < -0.39 is 0 Å². The number of ether oxygens (including phenoxy) is 1. The van der Waals surface area contributed by atoms with Gasteiger partial charge in [-0.2, -0.15) is 5.10 Å². The number of aromatic nitrogens is 1. The highest BCUT2D eigenvalue weighted by molar-refractivity contribution is 6.12. The number of hydrogen-bond donors (Lipinski definition) is 2. The van der Waals surface area contributed by atoms with Crippen molar-refractivity contribution in [2.75, 3.05) is 59.9 Å². The Morgan fingerprint density at radius 2 is 1.75 bits per heavy atom. The van der Waals surface area contributed by atoms with Crippen molar-refractivity contribution in [3.05, 3.63) is 72.4 Å². The molecule has 0 spiro atoms. The van der Waals surface area contributed by atoms with Gasteiger partial charge in [0.05, 0.1) is 24.4 Å². The second-order valence-electron chi connectivity index (χ2n) is 10.0. The summed E-state index contributed by atoms with van der Waals surface area (Å²) in [5.41, 5.74) is 3.61. The van der Waals surface area contributed by atoms with Crippen molar-refractivity contribution in [1.82, 2.24) is 9.88 Å². The molecule has 0 atom stereocenters. The quantitative estimate of drug-likeness (QED) is 0.380. The molecule has 0 unspecified atom stereocenters. The number of carbonyl (C=O) groups is 2. The van der Waals surface area contributed by atoms with E-state index >= 15 is 0 Å². The monoisotopic (exact) mass is 541 g/mol. The summed E-state index contributed by atoms with van der Waals surface area (Å²) in [6.07, 6.45) is 3.05. The normalized spacial score (nSPS) is 15.7. The van der Waals surface area contributed by atoms with Crippen LogP contribution in [0.25, 0.3) is 0 Å². The Bertz CT molecular complexity index is 1350. The maximum absolute atomic E-state index is 12.8. The second kappa shape index (κ2) is 12.6. The fourth-order valence-corrected chi connectivity index (χ4v) is 4.85. The summed E-state index contributed by atoms with van der Waals surface area (Å²) in [5.74, 6) is 1.62. The molecule has 0 saturated carbocycles. The van der Waals surface area contributed by atoms with Crippen LogP contribution in [-0.2, 0) is 4.79 Å². The Labute approximate surface area is 234 Å². The van der Waals surface area contributed by atoms with Crippen molar-refractivity contribution in [3.8, 4) is 5.75 Å². The van der Waals surface area contributed by atoms with Crippen LogP contribution in [-0.4, -0.2) is 66.9 Å². The first-order valence-electron chi connectivity index (χ1n) is 13.6. The van der Waals surface area contributed by atoms with Crippen LogP contribution in [0.1, 0.15) is 25.3 Å². The first-order valence-corrected chi connectivity index (χ1v) is 13.6. The summed E-state index contributed by atoms with van der Waals surface area (Å²) in [4.78, 5) is 34.1. The third kappa shape index (κ3) is 6.76. The molecule has 2 aliphatic heterocycles. The molecular weight excluding hydrogens is 506 g/mol. The molecule has 3 amide bonds. The first kappa shape index (κ1) is 27.1. The molecule has 3 aromatic rings. The molecule has 0 bridgehead atoms. The van der Waals surface area contributed by atoms with Crippen molar-refractivity contribution >= 4 is 40.5 Å². The van der Waals surface area contributed by atoms with E-state index in [-0.39, 0.29) is 11.9 Å². The molecule has 3 heterocycles. The number of hydrogen-bond acceptors (Lipinski definition) is 7. The first-order chi connectivity index (χ1) is 19.5. The van der Waals surface area contributed by atoms with Gasteiger partial charge in [0.2, 0.25) is 0 Å². The molecule has 0 aliphatic carbocycles. The number of rotatable bonds is 9. The third-order valence-electron chi connectivity index (χ3n) is 6.98. The number of pyridine rings is 1. The number of aryl methyl sites for hydroxylation is 1. The highest BCUT2D eigenvalue weighted by Crippen LogP contribution is 2.29. The number of benzene rings is 2. The molecule has 1 fully saturated rings. The standard InChI is InChI=1S/C30H35N7O3/c1-22-7-5-8-26(40-20-6-15-35-16-18-36(19-17-35)27-9-3-4-14-31-27)29(22)33-30(39)32-24-10-12-25(13-11-24)37-28(38)21-23(2)34-37/h3-5,7-14H,6,15-21H2,1-2H3,(H2,32,33,39). The van der Waals surface area contributed by atoms with E-state index in [1.807, 2.05) is 50.4 Å². The fraction of sp³-hybridized carbons (Fsp3) is 0.333. The minimum atomic E-state index is -0.371. The van der Waals surface area contributed by atoms with Crippen LogP contribution in [0.3, 0.4) is 0 Å². The molecule has 40 heavy (non-hydrogen) atoms. The molecule has 5 rings (SSSR count). The highest BCUT2D eigenvalue weighted by atomic mass is 16.5. The van der Waals surface area contributed by atoms with E-state index in [2.05, 4.69) is 36.6 Å². The van der Waals surface area contributed by atoms with Gasteiger partial charge in [0.25, 0.3) is 5.91 Å². The topological polar surface area (TPSA) is 102 Å². The van der Waals surface area contributed by atoms with E-state index in [1.165, 1.54) is 5.01 Å². The lowest BCUT2D eigenvalue weighted by molar-refractivity contribution is -0.116. The van der Waals surface area contributed by atoms with Crippen LogP contribution in [0.5, 0.6) is 5.75 Å². The number of nitrogens with one attached hydrogen (secondary N) is 2. The van der Waals surface area contributed by atoms with E-state index in [9.17, 15) is 9.59 Å². The number of amides is 3. The summed E-state index contributed by atoms with van der Waals surface area (Å²) in [7, 11) is 0. The predicted molar refractivity (Wildman–Crippen MR) is 158 cm³/mol. The summed E-state index contributed by atoms with van der Waals surface area (Å²) in [6.45, 7) is 9.19. The molecule has 1 aromatic heterocycles. The van der Waals surface area contributed by atoms with Gasteiger partial charge in [-0.1, -0.05) is 18.2 Å². The van der Waals surface area contributed by atoms with Crippen LogP contribution in [0.2, 0.25) is 0 Å². The number of para-hydroxylation sites is 1. The molecule has 10 heteroatoms. The number of nitrogens with zero attached hydrogens (tertiary/aromatic N) is 5. The Hall–Kier alpha value is -4.44.